The van der Waals surface area contributed by atoms with Gasteiger partial charge in [-0.25, -0.2) is 13.2 Å². The summed E-state index contributed by atoms with van der Waals surface area (Å²) in [6.07, 6.45) is 0. The Morgan fingerprint density at radius 2 is 1.50 bits per heavy atom. The van der Waals surface area contributed by atoms with E-state index in [1.54, 1.807) is 0 Å². The summed E-state index contributed by atoms with van der Waals surface area (Å²) in [6.45, 7) is 0. The van der Waals surface area contributed by atoms with Crippen molar-refractivity contribution in [2.45, 2.75) is 0 Å². The van der Waals surface area contributed by atoms with Crippen LogP contribution in [0.1, 0.15) is 0 Å². The van der Waals surface area contributed by atoms with Crippen LogP contribution in [0.3, 0.4) is 0 Å². The molecule has 0 amide bonds. The average molecular weight is 199 g/mol. The summed E-state index contributed by atoms with van der Waals surface area (Å²) in [5, 5.41) is 6.19. The van der Waals surface area contributed by atoms with E-state index in [4.69, 9.17) is 16.7 Å². The van der Waals surface area contributed by atoms with Crippen molar-refractivity contribution in [1.82, 2.24) is 0 Å². The molecule has 0 atom stereocenters. The fraction of sp³-hybridized carbons (Fsp3) is 0.143. The summed E-state index contributed by atoms with van der Waals surface area (Å²) < 4.78 is 36.6. The van der Waals surface area contributed by atoms with Crippen LogP contribution in [-0.2, 0) is 0 Å². The van der Waals surface area contributed by atoms with Crippen molar-refractivity contribution >= 4 is 11.6 Å². The Morgan fingerprint density at radius 3 is 1.92 bits per heavy atom. The second-order valence-corrected chi connectivity index (χ2v) is 2.04. The fourth-order valence-corrected chi connectivity index (χ4v) is 0.656. The van der Waals surface area contributed by atoms with Crippen LogP contribution in [0.2, 0.25) is 5.02 Å². The highest BCUT2D eigenvalue weighted by atomic mass is 35.5. The lowest BCUT2D eigenvalue weighted by Gasteiger charge is -1.94. The molecular formula is C7H6ClF3O. The summed E-state index contributed by atoms with van der Waals surface area (Å²) in [5.74, 6) is -3.45. The van der Waals surface area contributed by atoms with Gasteiger partial charge in [-0.3, -0.25) is 0 Å². The second kappa shape index (κ2) is 5.00. The van der Waals surface area contributed by atoms with Gasteiger partial charge < -0.3 is 5.11 Å². The van der Waals surface area contributed by atoms with Gasteiger partial charge in [-0.1, -0.05) is 11.6 Å². The average Bonchev–Trinajstić information content (AvgIpc) is 2.12. The second-order valence-electron chi connectivity index (χ2n) is 1.66. The van der Waals surface area contributed by atoms with E-state index in [-0.39, 0.29) is 0 Å². The summed E-state index contributed by atoms with van der Waals surface area (Å²) in [4.78, 5) is 0. The van der Waals surface area contributed by atoms with Crippen LogP contribution in [0.25, 0.3) is 0 Å². The first-order valence-electron chi connectivity index (χ1n) is 2.86. The molecule has 1 N–H and O–H groups in total. The van der Waals surface area contributed by atoms with Crippen LogP contribution in [-0.4, -0.2) is 12.2 Å². The van der Waals surface area contributed by atoms with Crippen LogP contribution in [0.5, 0.6) is 0 Å². The third-order valence-corrected chi connectivity index (χ3v) is 1.33. The van der Waals surface area contributed by atoms with Crippen molar-refractivity contribution in [3.05, 3.63) is 34.6 Å². The maximum absolute atomic E-state index is 12.2. The Bertz CT molecular complexity index is 238. The van der Waals surface area contributed by atoms with E-state index in [9.17, 15) is 13.2 Å². The van der Waals surface area contributed by atoms with Crippen LogP contribution in [0.4, 0.5) is 13.2 Å². The summed E-state index contributed by atoms with van der Waals surface area (Å²) in [7, 11) is 1.00. The first-order chi connectivity index (χ1) is 5.63. The molecule has 0 radical (unpaired) electrons. The third kappa shape index (κ3) is 2.39. The minimum Gasteiger partial charge on any atom is -0.400 e. The van der Waals surface area contributed by atoms with Gasteiger partial charge in [-0.15, -0.1) is 0 Å². The lowest BCUT2D eigenvalue weighted by molar-refractivity contribution is 0.399. The van der Waals surface area contributed by atoms with E-state index in [2.05, 4.69) is 0 Å². The topological polar surface area (TPSA) is 20.2 Å². The van der Waals surface area contributed by atoms with Gasteiger partial charge in [0, 0.05) is 7.11 Å². The number of benzene rings is 1. The van der Waals surface area contributed by atoms with Crippen molar-refractivity contribution in [2.24, 2.45) is 0 Å². The fourth-order valence-electron chi connectivity index (χ4n) is 0.502. The molecule has 1 aromatic carbocycles. The Kier molecular flexibility index (Phi) is 4.70. The lowest BCUT2D eigenvalue weighted by atomic mass is 10.3. The standard InChI is InChI=1S/C6H2ClF3.CH4O/c7-5-3(8)1-2-4(9)6(5)10;1-2/h1-2H;2H,1H3. The van der Waals surface area contributed by atoms with Crippen LogP contribution >= 0.6 is 11.6 Å². The zero-order valence-electron chi connectivity index (χ0n) is 6.11. The zero-order valence-corrected chi connectivity index (χ0v) is 6.87. The first kappa shape index (κ1) is 11.3. The molecule has 0 aliphatic carbocycles. The molecule has 1 nitrogen and oxygen atoms in total. The molecule has 68 valence electrons. The summed E-state index contributed by atoms with van der Waals surface area (Å²) >= 11 is 4.99. The van der Waals surface area contributed by atoms with E-state index in [0.29, 0.717) is 6.07 Å². The van der Waals surface area contributed by atoms with E-state index >= 15 is 0 Å². The minimum atomic E-state index is -1.35. The van der Waals surface area contributed by atoms with Crippen molar-refractivity contribution in [1.29, 1.82) is 0 Å². The van der Waals surface area contributed by atoms with E-state index in [0.717, 1.165) is 13.2 Å². The predicted molar refractivity (Wildman–Crippen MR) is 39.5 cm³/mol. The molecular weight excluding hydrogens is 193 g/mol. The van der Waals surface area contributed by atoms with Crippen molar-refractivity contribution in [3.63, 3.8) is 0 Å². The Balaban J connectivity index is 0.000000561. The molecule has 0 aliphatic rings. The van der Waals surface area contributed by atoms with Crippen molar-refractivity contribution in [3.8, 4) is 0 Å². The predicted octanol–water partition coefficient (Wildman–Crippen LogP) is 2.37. The van der Waals surface area contributed by atoms with Gasteiger partial charge in [0.05, 0.1) is 0 Å². The summed E-state index contributed by atoms with van der Waals surface area (Å²) in [5.41, 5.74) is 0. The number of aliphatic hydroxyl groups excluding tert-OH is 1. The number of hydrogen-bond donors (Lipinski definition) is 1. The van der Waals surface area contributed by atoms with Crippen molar-refractivity contribution in [2.75, 3.05) is 7.11 Å². The van der Waals surface area contributed by atoms with Crippen LogP contribution in [0, 0.1) is 17.5 Å². The number of halogens is 4. The van der Waals surface area contributed by atoms with E-state index in [1.165, 1.54) is 0 Å². The zero-order chi connectivity index (χ0) is 9.72. The van der Waals surface area contributed by atoms with Gasteiger partial charge in [-0.05, 0) is 12.1 Å². The molecule has 0 spiro atoms. The molecule has 0 aromatic heterocycles. The molecule has 0 saturated heterocycles. The molecule has 0 saturated carbocycles. The van der Waals surface area contributed by atoms with E-state index < -0.39 is 22.5 Å². The molecule has 0 fully saturated rings. The maximum atomic E-state index is 12.2. The molecule has 5 heteroatoms. The minimum absolute atomic E-state index is 0.677. The number of rotatable bonds is 0. The molecule has 1 rings (SSSR count). The molecule has 1 aromatic rings. The Hall–Kier alpha value is -0.740. The van der Waals surface area contributed by atoms with Crippen molar-refractivity contribution < 1.29 is 18.3 Å². The highest BCUT2D eigenvalue weighted by molar-refractivity contribution is 6.30. The third-order valence-electron chi connectivity index (χ3n) is 0.988. The maximum Gasteiger partial charge on any atom is 0.180 e. The highest BCUT2D eigenvalue weighted by Gasteiger charge is 2.09. The molecule has 0 heterocycles. The largest absolute Gasteiger partial charge is 0.400 e. The lowest BCUT2D eigenvalue weighted by Crippen LogP contribution is -1.87. The molecule has 12 heavy (non-hydrogen) atoms. The number of hydrogen-bond acceptors (Lipinski definition) is 1. The molecule has 0 unspecified atom stereocenters. The quantitative estimate of drug-likeness (QED) is 0.501. The Labute approximate surface area is 72.4 Å². The number of aliphatic hydroxyl groups is 1. The first-order valence-corrected chi connectivity index (χ1v) is 3.24. The smallest absolute Gasteiger partial charge is 0.180 e. The normalized spacial score (nSPS) is 8.83. The van der Waals surface area contributed by atoms with Gasteiger partial charge >= 0.3 is 0 Å². The van der Waals surface area contributed by atoms with Gasteiger partial charge in [0.1, 0.15) is 10.8 Å². The van der Waals surface area contributed by atoms with Gasteiger partial charge in [0.25, 0.3) is 0 Å². The van der Waals surface area contributed by atoms with Gasteiger partial charge in [0.15, 0.2) is 11.6 Å². The molecule has 0 bridgehead atoms. The van der Waals surface area contributed by atoms with Crippen LogP contribution < -0.4 is 0 Å². The Morgan fingerprint density at radius 1 is 1.08 bits per heavy atom. The van der Waals surface area contributed by atoms with Gasteiger partial charge in [-0.2, -0.15) is 0 Å². The summed E-state index contributed by atoms with van der Waals surface area (Å²) in [6, 6.07) is 1.44. The monoisotopic (exact) mass is 198 g/mol. The van der Waals surface area contributed by atoms with E-state index in [1.807, 2.05) is 0 Å². The van der Waals surface area contributed by atoms with Gasteiger partial charge in [0.2, 0.25) is 0 Å². The molecule has 0 aliphatic heterocycles. The highest BCUT2D eigenvalue weighted by Crippen LogP contribution is 2.20. The van der Waals surface area contributed by atoms with Crippen LogP contribution in [0.15, 0.2) is 12.1 Å². The SMILES string of the molecule is CO.Fc1ccc(F)c(Cl)c1F.